The highest BCUT2D eigenvalue weighted by atomic mass is 35.5. The molecule has 1 atom stereocenters. The molecule has 3 aromatic carbocycles. The van der Waals surface area contributed by atoms with E-state index < -0.39 is 11.9 Å². The maximum absolute atomic E-state index is 13.7. The van der Waals surface area contributed by atoms with Crippen molar-refractivity contribution in [2.24, 2.45) is 0 Å². The topological polar surface area (TPSA) is 71.3 Å². The maximum atomic E-state index is 13.7. The third-order valence-electron chi connectivity index (χ3n) is 5.79. The molecule has 1 aliphatic heterocycles. The van der Waals surface area contributed by atoms with Gasteiger partial charge in [-0.3, -0.25) is 4.90 Å². The highest BCUT2D eigenvalue weighted by molar-refractivity contribution is 6.30. The van der Waals surface area contributed by atoms with Gasteiger partial charge in [0.15, 0.2) is 0 Å². The van der Waals surface area contributed by atoms with Crippen LogP contribution < -0.4 is 5.32 Å². The number of benzene rings is 3. The average molecular weight is 493 g/mol. The van der Waals surface area contributed by atoms with E-state index in [4.69, 9.17) is 16.1 Å². The van der Waals surface area contributed by atoms with E-state index in [1.165, 1.54) is 29.2 Å². The molecule has 5 rings (SSSR count). The SMILES string of the molecule is CC1=C(c2nc(-c3cccc(F)c3)no2)C(c2ccc(Cl)cc2)NC(=O)N1Cc1ccc(F)cc1. The van der Waals surface area contributed by atoms with E-state index in [0.717, 1.165) is 11.1 Å². The highest BCUT2D eigenvalue weighted by Crippen LogP contribution is 2.38. The Morgan fingerprint density at radius 3 is 2.49 bits per heavy atom. The molecule has 2 heterocycles. The van der Waals surface area contributed by atoms with Crippen LogP contribution in [0.5, 0.6) is 0 Å². The normalized spacial score (nSPS) is 15.9. The zero-order chi connectivity index (χ0) is 24.5. The van der Waals surface area contributed by atoms with Gasteiger partial charge in [-0.25, -0.2) is 13.6 Å². The van der Waals surface area contributed by atoms with E-state index in [-0.39, 0.29) is 30.1 Å². The number of urea groups is 1. The number of hydrogen-bond donors (Lipinski definition) is 1. The summed E-state index contributed by atoms with van der Waals surface area (Å²) in [4.78, 5) is 19.2. The first-order valence-corrected chi connectivity index (χ1v) is 11.2. The van der Waals surface area contributed by atoms with Gasteiger partial charge in [0, 0.05) is 16.3 Å². The van der Waals surface area contributed by atoms with Crippen LogP contribution in [0.1, 0.15) is 30.0 Å². The Bertz CT molecular complexity index is 1420. The van der Waals surface area contributed by atoms with Crippen molar-refractivity contribution in [3.8, 4) is 11.4 Å². The number of nitrogens with zero attached hydrogens (tertiary/aromatic N) is 3. The van der Waals surface area contributed by atoms with E-state index in [2.05, 4.69) is 15.5 Å². The smallest absolute Gasteiger partial charge is 0.322 e. The molecule has 1 aliphatic rings. The molecule has 2 amide bonds. The molecule has 1 aromatic heterocycles. The van der Waals surface area contributed by atoms with Crippen molar-refractivity contribution in [1.29, 1.82) is 0 Å². The van der Waals surface area contributed by atoms with E-state index in [0.29, 0.717) is 21.9 Å². The summed E-state index contributed by atoms with van der Waals surface area (Å²) in [6.07, 6.45) is 0. The zero-order valence-corrected chi connectivity index (χ0v) is 19.3. The summed E-state index contributed by atoms with van der Waals surface area (Å²) in [7, 11) is 0. The fourth-order valence-corrected chi connectivity index (χ4v) is 4.13. The third-order valence-corrected chi connectivity index (χ3v) is 6.04. The molecular formula is C26H19ClF2N4O2. The molecule has 1 N–H and O–H groups in total. The van der Waals surface area contributed by atoms with Crippen LogP contribution in [0, 0.1) is 11.6 Å². The monoisotopic (exact) mass is 492 g/mol. The summed E-state index contributed by atoms with van der Waals surface area (Å²) < 4.78 is 32.7. The van der Waals surface area contributed by atoms with Crippen molar-refractivity contribution < 1.29 is 18.1 Å². The minimum absolute atomic E-state index is 0.186. The summed E-state index contributed by atoms with van der Waals surface area (Å²) in [5, 5.41) is 7.59. The van der Waals surface area contributed by atoms with Crippen molar-refractivity contribution in [3.63, 3.8) is 0 Å². The summed E-state index contributed by atoms with van der Waals surface area (Å²) in [6, 6.07) is 18.0. The van der Waals surface area contributed by atoms with Gasteiger partial charge in [-0.05, 0) is 54.4 Å². The van der Waals surface area contributed by atoms with Gasteiger partial charge in [-0.15, -0.1) is 0 Å². The molecule has 0 fully saturated rings. The van der Waals surface area contributed by atoms with Gasteiger partial charge < -0.3 is 9.84 Å². The molecule has 35 heavy (non-hydrogen) atoms. The fourth-order valence-electron chi connectivity index (χ4n) is 4.00. The lowest BCUT2D eigenvalue weighted by molar-refractivity contribution is 0.203. The number of rotatable bonds is 5. The number of carbonyl (C=O) groups is 1. The Labute approximate surface area is 204 Å². The predicted molar refractivity (Wildman–Crippen MR) is 127 cm³/mol. The molecule has 6 nitrogen and oxygen atoms in total. The number of carbonyl (C=O) groups excluding carboxylic acids is 1. The van der Waals surface area contributed by atoms with Crippen molar-refractivity contribution in [3.05, 3.63) is 112 Å². The highest BCUT2D eigenvalue weighted by Gasteiger charge is 2.35. The first-order chi connectivity index (χ1) is 16.9. The van der Waals surface area contributed by atoms with Crippen LogP contribution in [0.4, 0.5) is 13.6 Å². The second-order valence-electron chi connectivity index (χ2n) is 8.08. The van der Waals surface area contributed by atoms with Gasteiger partial charge in [0.2, 0.25) is 5.82 Å². The lowest BCUT2D eigenvalue weighted by atomic mass is 9.94. The third kappa shape index (κ3) is 4.65. The number of amides is 2. The summed E-state index contributed by atoms with van der Waals surface area (Å²) in [5.74, 6) is -0.371. The standard InChI is InChI=1S/C26H19ClF2N4O2/c1-15-22(25-31-24(32-35-25)18-3-2-4-21(29)13-18)23(17-7-9-19(27)10-8-17)30-26(34)33(15)14-16-5-11-20(28)12-6-16/h2-13,23H,14H2,1H3,(H,30,34). The molecule has 0 radical (unpaired) electrons. The number of hydrogen-bond acceptors (Lipinski definition) is 4. The van der Waals surface area contributed by atoms with Gasteiger partial charge in [-0.1, -0.05) is 53.2 Å². The van der Waals surface area contributed by atoms with Crippen LogP contribution in [-0.2, 0) is 6.54 Å². The first kappa shape index (κ1) is 22.7. The Hall–Kier alpha value is -4.04. The van der Waals surface area contributed by atoms with Gasteiger partial charge in [0.1, 0.15) is 11.6 Å². The molecule has 0 spiro atoms. The van der Waals surface area contributed by atoms with Crippen molar-refractivity contribution >= 4 is 23.2 Å². The number of allylic oxidation sites excluding steroid dienone is 1. The van der Waals surface area contributed by atoms with Gasteiger partial charge in [0.05, 0.1) is 18.2 Å². The van der Waals surface area contributed by atoms with Crippen LogP contribution in [0.3, 0.4) is 0 Å². The van der Waals surface area contributed by atoms with E-state index in [1.54, 1.807) is 55.5 Å². The lowest BCUT2D eigenvalue weighted by Crippen LogP contribution is -2.45. The van der Waals surface area contributed by atoms with E-state index in [1.807, 2.05) is 0 Å². The Morgan fingerprint density at radius 2 is 1.77 bits per heavy atom. The molecular weight excluding hydrogens is 474 g/mol. The van der Waals surface area contributed by atoms with Crippen LogP contribution in [0.25, 0.3) is 17.0 Å². The number of halogens is 3. The Balaban J connectivity index is 1.59. The molecule has 176 valence electrons. The van der Waals surface area contributed by atoms with Crippen LogP contribution >= 0.6 is 11.6 Å². The summed E-state index contributed by atoms with van der Waals surface area (Å²) in [6.45, 7) is 1.99. The summed E-state index contributed by atoms with van der Waals surface area (Å²) in [5.41, 5.74) is 3.15. The van der Waals surface area contributed by atoms with Gasteiger partial charge in [0.25, 0.3) is 5.89 Å². The molecule has 0 saturated heterocycles. The molecule has 9 heteroatoms. The Kier molecular flexibility index (Phi) is 6.05. The van der Waals surface area contributed by atoms with Crippen LogP contribution in [0.2, 0.25) is 5.02 Å². The van der Waals surface area contributed by atoms with Crippen LogP contribution in [0.15, 0.2) is 83.0 Å². The number of nitrogens with one attached hydrogen (secondary N) is 1. The first-order valence-electron chi connectivity index (χ1n) is 10.8. The minimum Gasteiger partial charge on any atom is -0.334 e. The number of aromatic nitrogens is 2. The quantitative estimate of drug-likeness (QED) is 0.351. The van der Waals surface area contributed by atoms with Crippen molar-refractivity contribution in [2.45, 2.75) is 19.5 Å². The molecule has 1 unspecified atom stereocenters. The predicted octanol–water partition coefficient (Wildman–Crippen LogP) is 6.37. The largest absolute Gasteiger partial charge is 0.334 e. The molecule has 0 saturated carbocycles. The van der Waals surface area contributed by atoms with Crippen molar-refractivity contribution in [2.75, 3.05) is 0 Å². The second kappa shape index (κ2) is 9.31. The Morgan fingerprint density at radius 1 is 1.03 bits per heavy atom. The maximum Gasteiger partial charge on any atom is 0.322 e. The van der Waals surface area contributed by atoms with E-state index >= 15 is 0 Å². The summed E-state index contributed by atoms with van der Waals surface area (Å²) >= 11 is 6.06. The molecule has 0 aliphatic carbocycles. The minimum atomic E-state index is -0.593. The second-order valence-corrected chi connectivity index (χ2v) is 8.52. The van der Waals surface area contributed by atoms with Crippen LogP contribution in [-0.4, -0.2) is 21.1 Å². The fraction of sp³-hybridized carbons (Fsp3) is 0.115. The average Bonchev–Trinajstić information content (AvgIpc) is 3.33. The van der Waals surface area contributed by atoms with Gasteiger partial charge in [-0.2, -0.15) is 4.98 Å². The van der Waals surface area contributed by atoms with E-state index in [9.17, 15) is 13.6 Å². The van der Waals surface area contributed by atoms with Gasteiger partial charge >= 0.3 is 6.03 Å². The molecule has 0 bridgehead atoms. The lowest BCUT2D eigenvalue weighted by Gasteiger charge is -2.35. The van der Waals surface area contributed by atoms with Crippen molar-refractivity contribution in [1.82, 2.24) is 20.4 Å². The zero-order valence-electron chi connectivity index (χ0n) is 18.5. The molecule has 4 aromatic rings.